The summed E-state index contributed by atoms with van der Waals surface area (Å²) in [5, 5.41) is 7.24. The smallest absolute Gasteiger partial charge is 0.225 e. The van der Waals surface area contributed by atoms with Crippen LogP contribution in [0.15, 0.2) is 12.4 Å². The molecule has 0 radical (unpaired) electrons. The summed E-state index contributed by atoms with van der Waals surface area (Å²) in [5.41, 5.74) is 4.69. The monoisotopic (exact) mass is 269 g/mol. The van der Waals surface area contributed by atoms with Gasteiger partial charge in [-0.2, -0.15) is 5.10 Å². The second-order valence-electron chi connectivity index (χ2n) is 5.71. The van der Waals surface area contributed by atoms with Crippen LogP contribution in [0.3, 0.4) is 0 Å². The predicted molar refractivity (Wildman–Crippen MR) is 77.7 cm³/mol. The van der Waals surface area contributed by atoms with E-state index in [4.69, 9.17) is 4.98 Å². The van der Waals surface area contributed by atoms with Gasteiger partial charge in [0.15, 0.2) is 0 Å². The number of nitrogens with zero attached hydrogens (tertiary/aromatic N) is 4. The van der Waals surface area contributed by atoms with Gasteiger partial charge in [-0.3, -0.25) is 5.10 Å². The van der Waals surface area contributed by atoms with E-state index in [2.05, 4.69) is 20.1 Å². The lowest BCUT2D eigenvalue weighted by molar-refractivity contribution is 0.726. The fourth-order valence-electron chi connectivity index (χ4n) is 3.20. The van der Waals surface area contributed by atoms with Gasteiger partial charge in [-0.05, 0) is 31.2 Å². The van der Waals surface area contributed by atoms with Crippen molar-refractivity contribution in [3.05, 3.63) is 23.7 Å². The number of aromatic amines is 1. The molecule has 0 amide bonds. The van der Waals surface area contributed by atoms with Crippen molar-refractivity contribution in [1.29, 1.82) is 0 Å². The van der Waals surface area contributed by atoms with Gasteiger partial charge in [0.25, 0.3) is 0 Å². The molecule has 3 heterocycles. The van der Waals surface area contributed by atoms with E-state index in [1.54, 1.807) is 0 Å². The highest BCUT2D eigenvalue weighted by Gasteiger charge is 2.21. The maximum absolute atomic E-state index is 4.85. The Morgan fingerprint density at radius 1 is 1.00 bits per heavy atom. The van der Waals surface area contributed by atoms with E-state index in [9.17, 15) is 0 Å². The second kappa shape index (κ2) is 4.89. The Labute approximate surface area is 118 Å². The average molecular weight is 269 g/mol. The molecule has 20 heavy (non-hydrogen) atoms. The molecular formula is C15H19N5. The van der Waals surface area contributed by atoms with Crippen molar-refractivity contribution in [2.24, 2.45) is 0 Å². The van der Waals surface area contributed by atoms with Crippen LogP contribution in [0.1, 0.15) is 36.9 Å². The first-order valence-corrected chi connectivity index (χ1v) is 7.55. The third kappa shape index (κ3) is 1.97. The van der Waals surface area contributed by atoms with Crippen molar-refractivity contribution < 1.29 is 0 Å². The SMILES string of the molecule is c1nc(N2CCCCCC2)nc2c1CCc1[nH]ncc1-2. The molecule has 0 bridgehead atoms. The lowest BCUT2D eigenvalue weighted by Gasteiger charge is -2.22. The molecule has 104 valence electrons. The topological polar surface area (TPSA) is 57.7 Å². The van der Waals surface area contributed by atoms with Crippen LogP contribution in [0.25, 0.3) is 11.3 Å². The minimum absolute atomic E-state index is 0.889. The molecule has 4 rings (SSSR count). The van der Waals surface area contributed by atoms with Crippen molar-refractivity contribution in [1.82, 2.24) is 20.2 Å². The van der Waals surface area contributed by atoms with Crippen LogP contribution in [-0.2, 0) is 12.8 Å². The maximum atomic E-state index is 4.85. The van der Waals surface area contributed by atoms with Crippen LogP contribution >= 0.6 is 0 Å². The second-order valence-corrected chi connectivity index (χ2v) is 5.71. The van der Waals surface area contributed by atoms with E-state index in [1.165, 1.54) is 36.9 Å². The fraction of sp³-hybridized carbons (Fsp3) is 0.533. The minimum Gasteiger partial charge on any atom is -0.341 e. The van der Waals surface area contributed by atoms with Gasteiger partial charge in [0, 0.05) is 30.5 Å². The van der Waals surface area contributed by atoms with Crippen LogP contribution in [0.4, 0.5) is 5.95 Å². The van der Waals surface area contributed by atoms with Gasteiger partial charge in [0.2, 0.25) is 5.95 Å². The number of aryl methyl sites for hydroxylation is 2. The molecule has 0 aromatic carbocycles. The highest BCUT2D eigenvalue weighted by molar-refractivity contribution is 5.68. The highest BCUT2D eigenvalue weighted by Crippen LogP contribution is 2.31. The zero-order valence-corrected chi connectivity index (χ0v) is 11.6. The summed E-state index contributed by atoms with van der Waals surface area (Å²) in [6.45, 7) is 2.16. The van der Waals surface area contributed by atoms with E-state index in [1.807, 2.05) is 12.4 Å². The minimum atomic E-state index is 0.889. The molecule has 2 aromatic heterocycles. The molecule has 0 atom stereocenters. The van der Waals surface area contributed by atoms with E-state index in [-0.39, 0.29) is 0 Å². The Kier molecular flexibility index (Phi) is 2.90. The van der Waals surface area contributed by atoms with Gasteiger partial charge in [-0.15, -0.1) is 0 Å². The van der Waals surface area contributed by atoms with Crippen molar-refractivity contribution in [3.63, 3.8) is 0 Å². The Morgan fingerprint density at radius 3 is 2.70 bits per heavy atom. The molecule has 1 aliphatic carbocycles. The molecule has 2 aliphatic rings. The van der Waals surface area contributed by atoms with Crippen LogP contribution in [-0.4, -0.2) is 33.3 Å². The number of hydrogen-bond acceptors (Lipinski definition) is 4. The average Bonchev–Trinajstić information content (AvgIpc) is 2.81. The summed E-state index contributed by atoms with van der Waals surface area (Å²) in [5.74, 6) is 0.889. The Morgan fingerprint density at radius 2 is 1.85 bits per heavy atom. The molecule has 1 fully saturated rings. The Bertz CT molecular complexity index is 610. The fourth-order valence-corrected chi connectivity index (χ4v) is 3.20. The predicted octanol–water partition coefficient (Wildman–Crippen LogP) is 2.35. The van der Waals surface area contributed by atoms with E-state index in [0.717, 1.165) is 43.1 Å². The van der Waals surface area contributed by atoms with Crippen molar-refractivity contribution >= 4 is 5.95 Å². The molecule has 5 heteroatoms. The molecule has 0 spiro atoms. The van der Waals surface area contributed by atoms with Crippen LogP contribution < -0.4 is 4.90 Å². The molecule has 1 N–H and O–H groups in total. The lowest BCUT2D eigenvalue weighted by Crippen LogP contribution is -2.26. The van der Waals surface area contributed by atoms with Crippen LogP contribution in [0.5, 0.6) is 0 Å². The molecule has 0 unspecified atom stereocenters. The summed E-state index contributed by atoms with van der Waals surface area (Å²) in [4.78, 5) is 11.8. The van der Waals surface area contributed by atoms with E-state index in [0.29, 0.717) is 0 Å². The zero-order chi connectivity index (χ0) is 13.4. The number of H-pyrrole nitrogens is 1. The standard InChI is InChI=1S/C15H19N5/c1-2-4-8-20(7-3-1)15-16-9-11-5-6-13-12(10-17-19-13)14(11)18-15/h9-10H,1-8H2,(H,17,19). The summed E-state index contributed by atoms with van der Waals surface area (Å²) in [6, 6.07) is 0. The van der Waals surface area contributed by atoms with E-state index < -0.39 is 0 Å². The normalized spacial score (nSPS) is 18.3. The maximum Gasteiger partial charge on any atom is 0.225 e. The van der Waals surface area contributed by atoms with Gasteiger partial charge in [0.05, 0.1) is 11.9 Å². The number of aromatic nitrogens is 4. The summed E-state index contributed by atoms with van der Waals surface area (Å²) < 4.78 is 0. The summed E-state index contributed by atoms with van der Waals surface area (Å²) in [6.07, 6.45) is 11.1. The van der Waals surface area contributed by atoms with Crippen molar-refractivity contribution in [2.45, 2.75) is 38.5 Å². The Balaban J connectivity index is 1.72. The largest absolute Gasteiger partial charge is 0.341 e. The number of fused-ring (bicyclic) bond motifs is 3. The van der Waals surface area contributed by atoms with Crippen molar-refractivity contribution in [2.75, 3.05) is 18.0 Å². The molecule has 1 saturated heterocycles. The number of nitrogens with one attached hydrogen (secondary N) is 1. The van der Waals surface area contributed by atoms with Crippen LogP contribution in [0.2, 0.25) is 0 Å². The van der Waals surface area contributed by atoms with Gasteiger partial charge in [-0.1, -0.05) is 12.8 Å². The van der Waals surface area contributed by atoms with E-state index >= 15 is 0 Å². The molecular weight excluding hydrogens is 250 g/mol. The third-order valence-corrected chi connectivity index (χ3v) is 4.36. The summed E-state index contributed by atoms with van der Waals surface area (Å²) in [7, 11) is 0. The van der Waals surface area contributed by atoms with Gasteiger partial charge in [-0.25, -0.2) is 9.97 Å². The number of hydrogen-bond donors (Lipinski definition) is 1. The molecule has 2 aromatic rings. The molecule has 0 saturated carbocycles. The first kappa shape index (κ1) is 11.9. The van der Waals surface area contributed by atoms with Crippen LogP contribution in [0, 0.1) is 0 Å². The zero-order valence-electron chi connectivity index (χ0n) is 11.6. The molecule has 5 nitrogen and oxygen atoms in total. The summed E-state index contributed by atoms with van der Waals surface area (Å²) >= 11 is 0. The van der Waals surface area contributed by atoms with Gasteiger partial charge >= 0.3 is 0 Å². The molecule has 1 aliphatic heterocycles. The quantitative estimate of drug-likeness (QED) is 0.863. The lowest BCUT2D eigenvalue weighted by atomic mass is 9.96. The first-order valence-electron chi connectivity index (χ1n) is 7.55. The number of rotatable bonds is 1. The van der Waals surface area contributed by atoms with Crippen molar-refractivity contribution in [3.8, 4) is 11.3 Å². The number of anilines is 1. The first-order chi connectivity index (χ1) is 9.92. The highest BCUT2D eigenvalue weighted by atomic mass is 15.2. The Hall–Kier alpha value is -1.91. The van der Waals surface area contributed by atoms with Gasteiger partial charge in [0.1, 0.15) is 0 Å². The third-order valence-electron chi connectivity index (χ3n) is 4.36. The van der Waals surface area contributed by atoms with Gasteiger partial charge < -0.3 is 4.90 Å².